The lowest BCUT2D eigenvalue weighted by Crippen LogP contribution is -2.34. The van der Waals surface area contributed by atoms with Gasteiger partial charge in [-0.3, -0.25) is 15.0 Å². The molecule has 0 aliphatic carbocycles. The lowest BCUT2D eigenvalue weighted by molar-refractivity contribution is -0.385. The van der Waals surface area contributed by atoms with E-state index in [-0.39, 0.29) is 23.8 Å². The zero-order chi connectivity index (χ0) is 16.3. The van der Waals surface area contributed by atoms with Crippen LogP contribution in [0.4, 0.5) is 24.5 Å². The SMILES string of the molecule is N#Cc1cc(NC2CCN(CC(F)(F)F)C2)ccc1[N+](=O)[O-]. The van der Waals surface area contributed by atoms with E-state index in [1.54, 1.807) is 6.07 Å². The molecule has 1 atom stereocenters. The number of halogens is 3. The maximum atomic E-state index is 12.3. The Bertz CT molecular complexity index is 612. The highest BCUT2D eigenvalue weighted by Gasteiger charge is 2.34. The second kappa shape index (κ2) is 6.19. The molecule has 1 N–H and O–H groups in total. The topological polar surface area (TPSA) is 82.2 Å². The Morgan fingerprint density at radius 2 is 2.23 bits per heavy atom. The van der Waals surface area contributed by atoms with Crippen LogP contribution in [-0.4, -0.2) is 41.7 Å². The third-order valence-electron chi connectivity index (χ3n) is 3.36. The molecule has 9 heteroatoms. The van der Waals surface area contributed by atoms with Crippen LogP contribution < -0.4 is 5.32 Å². The van der Waals surface area contributed by atoms with Gasteiger partial charge in [0.2, 0.25) is 0 Å². The lowest BCUT2D eigenvalue weighted by atomic mass is 10.1. The van der Waals surface area contributed by atoms with Gasteiger partial charge in [0.1, 0.15) is 11.6 Å². The Labute approximate surface area is 124 Å². The molecular weight excluding hydrogens is 301 g/mol. The van der Waals surface area contributed by atoms with E-state index in [9.17, 15) is 23.3 Å². The van der Waals surface area contributed by atoms with Crippen LogP contribution in [-0.2, 0) is 0 Å². The highest BCUT2D eigenvalue weighted by atomic mass is 19.4. The van der Waals surface area contributed by atoms with Crippen LogP contribution in [0, 0.1) is 21.4 Å². The molecule has 2 rings (SSSR count). The minimum Gasteiger partial charge on any atom is -0.381 e. The molecule has 0 bridgehead atoms. The van der Waals surface area contributed by atoms with Crippen molar-refractivity contribution in [2.75, 3.05) is 25.0 Å². The summed E-state index contributed by atoms with van der Waals surface area (Å²) in [5, 5.41) is 22.7. The number of hydrogen-bond donors (Lipinski definition) is 1. The summed E-state index contributed by atoms with van der Waals surface area (Å²) in [6, 6.07) is 5.56. The van der Waals surface area contributed by atoms with Crippen LogP contribution in [0.25, 0.3) is 0 Å². The Morgan fingerprint density at radius 1 is 1.50 bits per heavy atom. The molecular formula is C13H13F3N4O2. The highest BCUT2D eigenvalue weighted by molar-refractivity contribution is 5.59. The average molecular weight is 314 g/mol. The normalized spacial score (nSPS) is 18.9. The summed E-state index contributed by atoms with van der Waals surface area (Å²) in [7, 11) is 0. The summed E-state index contributed by atoms with van der Waals surface area (Å²) >= 11 is 0. The van der Waals surface area contributed by atoms with Gasteiger partial charge in [0.05, 0.1) is 11.5 Å². The van der Waals surface area contributed by atoms with E-state index in [4.69, 9.17) is 5.26 Å². The molecule has 1 aromatic rings. The smallest absolute Gasteiger partial charge is 0.381 e. The number of nitro groups is 1. The number of hydrogen-bond acceptors (Lipinski definition) is 5. The minimum absolute atomic E-state index is 0.0832. The molecule has 1 aromatic carbocycles. The van der Waals surface area contributed by atoms with Gasteiger partial charge in [0.25, 0.3) is 5.69 Å². The van der Waals surface area contributed by atoms with Crippen LogP contribution in [0.5, 0.6) is 0 Å². The lowest BCUT2D eigenvalue weighted by Gasteiger charge is -2.18. The quantitative estimate of drug-likeness (QED) is 0.682. The van der Waals surface area contributed by atoms with E-state index in [2.05, 4.69) is 5.32 Å². The van der Waals surface area contributed by atoms with E-state index >= 15 is 0 Å². The average Bonchev–Trinajstić information content (AvgIpc) is 2.83. The van der Waals surface area contributed by atoms with Gasteiger partial charge < -0.3 is 5.32 Å². The number of benzene rings is 1. The molecule has 0 aromatic heterocycles. The van der Waals surface area contributed by atoms with E-state index in [1.165, 1.54) is 23.1 Å². The van der Waals surface area contributed by atoms with Gasteiger partial charge in [-0.25, -0.2) is 0 Å². The number of nitriles is 1. The molecule has 0 saturated carbocycles. The third kappa shape index (κ3) is 4.08. The maximum Gasteiger partial charge on any atom is 0.401 e. The van der Waals surface area contributed by atoms with Crippen molar-refractivity contribution < 1.29 is 18.1 Å². The maximum absolute atomic E-state index is 12.3. The molecule has 1 aliphatic rings. The first-order chi connectivity index (χ1) is 10.3. The summed E-state index contributed by atoms with van der Waals surface area (Å²) in [5.41, 5.74) is 0.110. The van der Waals surface area contributed by atoms with Crippen LogP contribution in [0.1, 0.15) is 12.0 Å². The van der Waals surface area contributed by atoms with E-state index < -0.39 is 17.6 Å². The molecule has 22 heavy (non-hydrogen) atoms. The number of nitrogens with zero attached hydrogens (tertiary/aromatic N) is 3. The molecule has 6 nitrogen and oxygen atoms in total. The fourth-order valence-corrected chi connectivity index (χ4v) is 2.46. The number of alkyl halides is 3. The Kier molecular flexibility index (Phi) is 4.51. The van der Waals surface area contributed by atoms with E-state index in [1.807, 2.05) is 0 Å². The zero-order valence-corrected chi connectivity index (χ0v) is 11.4. The second-order valence-electron chi connectivity index (χ2n) is 5.08. The molecule has 1 fully saturated rings. The van der Waals surface area contributed by atoms with E-state index in [0.29, 0.717) is 18.7 Å². The zero-order valence-electron chi connectivity index (χ0n) is 11.4. The minimum atomic E-state index is -4.23. The van der Waals surface area contributed by atoms with Gasteiger partial charge in [-0.15, -0.1) is 0 Å². The number of nitrogens with one attached hydrogen (secondary N) is 1. The monoisotopic (exact) mass is 314 g/mol. The summed E-state index contributed by atoms with van der Waals surface area (Å²) in [5.74, 6) is 0. The number of nitro benzene ring substituents is 1. The van der Waals surface area contributed by atoms with Crippen LogP contribution >= 0.6 is 0 Å². The molecule has 0 amide bonds. The largest absolute Gasteiger partial charge is 0.401 e. The van der Waals surface area contributed by atoms with Crippen molar-refractivity contribution in [1.29, 1.82) is 5.26 Å². The van der Waals surface area contributed by atoms with Gasteiger partial charge in [-0.05, 0) is 18.6 Å². The summed E-state index contributed by atoms with van der Waals surface area (Å²) in [6.45, 7) is -0.386. The summed E-state index contributed by atoms with van der Waals surface area (Å²) in [4.78, 5) is 11.4. The van der Waals surface area contributed by atoms with Crippen molar-refractivity contribution in [2.24, 2.45) is 0 Å². The first-order valence-corrected chi connectivity index (χ1v) is 6.52. The number of anilines is 1. The Morgan fingerprint density at radius 3 is 2.82 bits per heavy atom. The van der Waals surface area contributed by atoms with Gasteiger partial charge in [-0.2, -0.15) is 18.4 Å². The van der Waals surface area contributed by atoms with Crippen molar-refractivity contribution in [2.45, 2.75) is 18.6 Å². The van der Waals surface area contributed by atoms with Crippen molar-refractivity contribution in [3.8, 4) is 6.07 Å². The number of rotatable bonds is 4. The molecule has 1 saturated heterocycles. The Balaban J connectivity index is 2.01. The van der Waals surface area contributed by atoms with Crippen LogP contribution in [0.15, 0.2) is 18.2 Å². The predicted octanol–water partition coefficient (Wildman–Crippen LogP) is 2.51. The van der Waals surface area contributed by atoms with E-state index in [0.717, 1.165) is 0 Å². The number of likely N-dealkylation sites (tertiary alicyclic amines) is 1. The van der Waals surface area contributed by atoms with Gasteiger partial charge >= 0.3 is 6.18 Å². The van der Waals surface area contributed by atoms with Gasteiger partial charge in [0, 0.05) is 30.9 Å². The fraction of sp³-hybridized carbons (Fsp3) is 0.462. The molecule has 1 aliphatic heterocycles. The fourth-order valence-electron chi connectivity index (χ4n) is 2.46. The van der Waals surface area contributed by atoms with Crippen LogP contribution in [0.3, 0.4) is 0 Å². The molecule has 0 radical (unpaired) electrons. The third-order valence-corrected chi connectivity index (χ3v) is 3.36. The summed E-state index contributed by atoms with van der Waals surface area (Å²) in [6.07, 6.45) is -3.69. The predicted molar refractivity (Wildman–Crippen MR) is 72.3 cm³/mol. The van der Waals surface area contributed by atoms with Crippen LogP contribution in [0.2, 0.25) is 0 Å². The second-order valence-corrected chi connectivity index (χ2v) is 5.08. The molecule has 0 spiro atoms. The molecule has 1 unspecified atom stereocenters. The van der Waals surface area contributed by atoms with Crippen molar-refractivity contribution >= 4 is 11.4 Å². The standard InChI is InChI=1S/C13H13F3N4O2/c14-13(15,16)8-19-4-3-11(7-19)18-10-1-2-12(20(21)22)9(5-10)6-17/h1-2,5,11,18H,3-4,7-8H2. The first-order valence-electron chi connectivity index (χ1n) is 6.52. The molecule has 118 valence electrons. The first kappa shape index (κ1) is 16.0. The van der Waals surface area contributed by atoms with Crippen molar-refractivity contribution in [3.05, 3.63) is 33.9 Å². The Hall–Kier alpha value is -2.34. The highest BCUT2D eigenvalue weighted by Crippen LogP contribution is 2.25. The van der Waals surface area contributed by atoms with Gasteiger partial charge in [0.15, 0.2) is 0 Å². The van der Waals surface area contributed by atoms with Gasteiger partial charge in [-0.1, -0.05) is 0 Å². The summed E-state index contributed by atoms with van der Waals surface area (Å²) < 4.78 is 37.0. The van der Waals surface area contributed by atoms with Crippen molar-refractivity contribution in [3.63, 3.8) is 0 Å². The molecule has 1 heterocycles. The van der Waals surface area contributed by atoms with Crippen molar-refractivity contribution in [1.82, 2.24) is 4.90 Å².